The average Bonchev–Trinajstić information content (AvgIpc) is 2.62. The van der Waals surface area contributed by atoms with Crippen LogP contribution in [0.4, 0.5) is 0 Å². The van der Waals surface area contributed by atoms with Crippen molar-refractivity contribution in [1.29, 1.82) is 0 Å². The van der Waals surface area contributed by atoms with Gasteiger partial charge in [0.15, 0.2) is 11.6 Å². The monoisotopic (exact) mass is 324 g/mol. The molecule has 0 amide bonds. The Hall–Kier alpha value is -2.19. The smallest absolute Gasteiger partial charge is 0.167 e. The van der Waals surface area contributed by atoms with Crippen molar-refractivity contribution < 1.29 is 9.59 Å². The molecule has 2 atom stereocenters. The molecule has 0 N–H and O–H groups in total. The summed E-state index contributed by atoms with van der Waals surface area (Å²) in [6.07, 6.45) is 2.80. The second kappa shape index (κ2) is 6.93. The van der Waals surface area contributed by atoms with E-state index in [1.54, 1.807) is 24.3 Å². The third-order valence-corrected chi connectivity index (χ3v) is 4.59. The molecule has 0 saturated carbocycles. The normalized spacial score (nSPS) is 20.7. The molecule has 1 aliphatic rings. The van der Waals surface area contributed by atoms with Crippen LogP contribution in [0.1, 0.15) is 33.6 Å². The van der Waals surface area contributed by atoms with Crippen molar-refractivity contribution in [2.75, 3.05) is 0 Å². The summed E-state index contributed by atoms with van der Waals surface area (Å²) in [5, 5.41) is 0.663. The van der Waals surface area contributed by atoms with E-state index in [0.29, 0.717) is 29.0 Å². The van der Waals surface area contributed by atoms with Crippen LogP contribution in [0.2, 0.25) is 0 Å². The Kier molecular flexibility index (Phi) is 4.73. The summed E-state index contributed by atoms with van der Waals surface area (Å²) in [6, 6.07) is 18.3. The molecule has 3 heteroatoms. The zero-order valence-electron chi connectivity index (χ0n) is 12.6. The highest BCUT2D eigenvalue weighted by Crippen LogP contribution is 2.35. The summed E-state index contributed by atoms with van der Waals surface area (Å²) >= 11 is 6.16. The van der Waals surface area contributed by atoms with E-state index in [2.05, 4.69) is 0 Å². The van der Waals surface area contributed by atoms with Crippen LogP contribution in [-0.4, -0.2) is 11.6 Å². The van der Waals surface area contributed by atoms with E-state index >= 15 is 0 Å². The highest BCUT2D eigenvalue weighted by molar-refractivity contribution is 6.30. The van der Waals surface area contributed by atoms with Crippen molar-refractivity contribution in [3.8, 4) is 0 Å². The molecule has 0 heterocycles. The molecule has 0 aromatic heterocycles. The minimum Gasteiger partial charge on any atom is -0.294 e. The van der Waals surface area contributed by atoms with Crippen molar-refractivity contribution in [3.05, 3.63) is 82.9 Å². The minimum absolute atomic E-state index is 0.00821. The number of halogens is 1. The fraction of sp³-hybridized carbons (Fsp3) is 0.200. The fourth-order valence-corrected chi connectivity index (χ4v) is 3.31. The van der Waals surface area contributed by atoms with Crippen molar-refractivity contribution in [2.45, 2.75) is 12.8 Å². The number of allylic oxidation sites excluding steroid dienone is 2. The molecule has 3 rings (SSSR count). The first-order chi connectivity index (χ1) is 11.2. The number of rotatable bonds is 4. The van der Waals surface area contributed by atoms with Gasteiger partial charge in [-0.2, -0.15) is 0 Å². The fourth-order valence-electron chi connectivity index (χ4n) is 3.05. The molecule has 0 fully saturated rings. The lowest BCUT2D eigenvalue weighted by Crippen LogP contribution is -2.32. The highest BCUT2D eigenvalue weighted by Gasteiger charge is 2.36. The first-order valence-electron chi connectivity index (χ1n) is 7.70. The number of carbonyl (C=O) groups is 2. The second-order valence-electron chi connectivity index (χ2n) is 5.76. The van der Waals surface area contributed by atoms with E-state index in [1.807, 2.05) is 42.5 Å². The molecule has 1 aliphatic carbocycles. The lowest BCUT2D eigenvalue weighted by molar-refractivity contribution is 0.0760. The lowest BCUT2D eigenvalue weighted by atomic mass is 9.75. The van der Waals surface area contributed by atoms with Crippen LogP contribution in [0.3, 0.4) is 0 Å². The molecule has 0 bridgehead atoms. The van der Waals surface area contributed by atoms with Crippen molar-refractivity contribution in [1.82, 2.24) is 0 Å². The third kappa shape index (κ3) is 3.43. The Balaban J connectivity index is 1.91. The van der Waals surface area contributed by atoms with Gasteiger partial charge in [0.25, 0.3) is 0 Å². The maximum atomic E-state index is 12.9. The number of hydrogen-bond acceptors (Lipinski definition) is 2. The summed E-state index contributed by atoms with van der Waals surface area (Å²) in [7, 11) is 0. The highest BCUT2D eigenvalue weighted by atomic mass is 35.5. The zero-order chi connectivity index (χ0) is 16.2. The van der Waals surface area contributed by atoms with Gasteiger partial charge in [-0.15, -0.1) is 0 Å². The van der Waals surface area contributed by atoms with E-state index in [-0.39, 0.29) is 17.5 Å². The van der Waals surface area contributed by atoms with E-state index in [0.717, 1.165) is 0 Å². The number of Topliss-reactive ketones (excluding diaryl/α,β-unsaturated/α-hetero) is 2. The molecule has 0 radical (unpaired) electrons. The number of carbonyl (C=O) groups excluding carboxylic acids is 2. The first-order valence-corrected chi connectivity index (χ1v) is 8.07. The van der Waals surface area contributed by atoms with Crippen LogP contribution >= 0.6 is 11.6 Å². The summed E-state index contributed by atoms with van der Waals surface area (Å²) < 4.78 is 0. The van der Waals surface area contributed by atoms with Gasteiger partial charge < -0.3 is 0 Å². The van der Waals surface area contributed by atoms with Crippen LogP contribution in [0, 0.1) is 11.8 Å². The maximum absolute atomic E-state index is 12.9. The van der Waals surface area contributed by atoms with Gasteiger partial charge in [-0.05, 0) is 12.8 Å². The topological polar surface area (TPSA) is 34.1 Å². The van der Waals surface area contributed by atoms with Crippen LogP contribution in [-0.2, 0) is 0 Å². The molecule has 2 unspecified atom stereocenters. The average molecular weight is 325 g/mol. The SMILES string of the molecule is O=C(c1ccccc1)C1CC=C(Cl)CC1C(=O)c1ccccc1. The molecular formula is C20H17ClO2. The third-order valence-electron chi connectivity index (χ3n) is 4.28. The largest absolute Gasteiger partial charge is 0.294 e. The molecule has 2 aromatic rings. The summed E-state index contributed by atoms with van der Waals surface area (Å²) in [5.41, 5.74) is 1.28. The Labute approximate surface area is 140 Å². The predicted octanol–water partition coefficient (Wildman–Crippen LogP) is 4.90. The van der Waals surface area contributed by atoms with Crippen molar-refractivity contribution in [2.24, 2.45) is 11.8 Å². The summed E-state index contributed by atoms with van der Waals surface area (Å²) in [4.78, 5) is 25.7. The first kappa shape index (κ1) is 15.7. The molecule has 0 aliphatic heterocycles. The maximum Gasteiger partial charge on any atom is 0.167 e. The quantitative estimate of drug-likeness (QED) is 0.749. The zero-order valence-corrected chi connectivity index (χ0v) is 13.4. The van der Waals surface area contributed by atoms with Crippen molar-refractivity contribution >= 4 is 23.2 Å². The van der Waals surface area contributed by atoms with Gasteiger partial charge in [-0.1, -0.05) is 78.3 Å². The van der Waals surface area contributed by atoms with Gasteiger partial charge in [0, 0.05) is 28.0 Å². The number of ketones is 2. The van der Waals surface area contributed by atoms with Gasteiger partial charge in [-0.3, -0.25) is 9.59 Å². The Morgan fingerprint density at radius 2 is 1.26 bits per heavy atom. The lowest BCUT2D eigenvalue weighted by Gasteiger charge is -2.28. The summed E-state index contributed by atoms with van der Waals surface area (Å²) in [5.74, 6) is -0.748. The van der Waals surface area contributed by atoms with Crippen molar-refractivity contribution in [3.63, 3.8) is 0 Å². The van der Waals surface area contributed by atoms with E-state index < -0.39 is 5.92 Å². The standard InChI is InChI=1S/C20H17ClO2/c21-16-11-12-17(19(22)14-7-3-1-4-8-14)18(13-16)20(23)15-9-5-2-6-10-15/h1-11,17-18H,12-13H2. The number of benzene rings is 2. The molecule has 2 nitrogen and oxygen atoms in total. The Bertz CT molecular complexity index is 735. The van der Waals surface area contributed by atoms with Crippen LogP contribution < -0.4 is 0 Å². The molecule has 0 saturated heterocycles. The Morgan fingerprint density at radius 3 is 1.78 bits per heavy atom. The van der Waals surface area contributed by atoms with Gasteiger partial charge in [0.2, 0.25) is 0 Å². The van der Waals surface area contributed by atoms with Gasteiger partial charge in [0.1, 0.15) is 0 Å². The van der Waals surface area contributed by atoms with Gasteiger partial charge in [0.05, 0.1) is 0 Å². The predicted molar refractivity (Wildman–Crippen MR) is 91.7 cm³/mol. The van der Waals surface area contributed by atoms with E-state index in [4.69, 9.17) is 11.6 Å². The molecule has 23 heavy (non-hydrogen) atoms. The molecular weight excluding hydrogens is 308 g/mol. The van der Waals surface area contributed by atoms with E-state index in [9.17, 15) is 9.59 Å². The molecule has 116 valence electrons. The summed E-state index contributed by atoms with van der Waals surface area (Å²) in [6.45, 7) is 0. The van der Waals surface area contributed by atoms with Gasteiger partial charge >= 0.3 is 0 Å². The second-order valence-corrected chi connectivity index (χ2v) is 6.25. The number of hydrogen-bond donors (Lipinski definition) is 0. The Morgan fingerprint density at radius 1 is 0.783 bits per heavy atom. The minimum atomic E-state index is -0.400. The van der Waals surface area contributed by atoms with Crippen LogP contribution in [0.5, 0.6) is 0 Å². The molecule has 2 aromatic carbocycles. The van der Waals surface area contributed by atoms with Crippen LogP contribution in [0.15, 0.2) is 71.8 Å². The van der Waals surface area contributed by atoms with Gasteiger partial charge in [-0.25, -0.2) is 0 Å². The van der Waals surface area contributed by atoms with Crippen LogP contribution in [0.25, 0.3) is 0 Å². The van der Waals surface area contributed by atoms with E-state index in [1.165, 1.54) is 0 Å². The molecule has 0 spiro atoms.